The highest BCUT2D eigenvalue weighted by Crippen LogP contribution is 2.27. The summed E-state index contributed by atoms with van der Waals surface area (Å²) in [5.74, 6) is -0.709. The molecule has 2 amide bonds. The molecule has 0 bridgehead atoms. The van der Waals surface area contributed by atoms with Gasteiger partial charge in [0, 0.05) is 22.6 Å². The van der Waals surface area contributed by atoms with Crippen molar-refractivity contribution in [3.8, 4) is 0 Å². The minimum absolute atomic E-state index is 0.0905. The second-order valence-electron chi connectivity index (χ2n) is 9.67. The lowest BCUT2D eigenvalue weighted by atomic mass is 9.95. The van der Waals surface area contributed by atoms with Gasteiger partial charge in [0.1, 0.15) is 12.6 Å². The predicted molar refractivity (Wildman–Crippen MR) is 149 cm³/mol. The number of carbonyl (C=O) groups excluding carboxylic acids is 2. The molecule has 0 aliphatic heterocycles. The average Bonchev–Trinajstić information content (AvgIpc) is 2.82. The SMILES string of the molecule is CC[C@@H](C(=O)NC1CCCCC1)N(Cc1ccc(C)cc1)C(=O)CN(c1cc(Cl)cc(Cl)c1)S(C)(=O)=O. The number of carbonyl (C=O) groups is 2. The van der Waals surface area contributed by atoms with Gasteiger partial charge >= 0.3 is 0 Å². The van der Waals surface area contributed by atoms with Crippen LogP contribution in [0.25, 0.3) is 0 Å². The molecule has 2 aromatic carbocycles. The second kappa shape index (κ2) is 13.0. The van der Waals surface area contributed by atoms with Gasteiger partial charge < -0.3 is 10.2 Å². The van der Waals surface area contributed by atoms with Gasteiger partial charge in [-0.15, -0.1) is 0 Å². The highest BCUT2D eigenvalue weighted by atomic mass is 35.5. The number of anilines is 1. The molecule has 1 aliphatic rings. The lowest BCUT2D eigenvalue weighted by Gasteiger charge is -2.34. The molecule has 37 heavy (non-hydrogen) atoms. The number of sulfonamides is 1. The molecule has 0 heterocycles. The van der Waals surface area contributed by atoms with Gasteiger partial charge in [-0.1, -0.05) is 79.2 Å². The highest BCUT2D eigenvalue weighted by molar-refractivity contribution is 7.92. The first-order valence-corrected chi connectivity index (χ1v) is 15.2. The van der Waals surface area contributed by atoms with E-state index >= 15 is 0 Å². The largest absolute Gasteiger partial charge is 0.352 e. The third kappa shape index (κ3) is 8.35. The molecule has 0 saturated heterocycles. The average molecular weight is 569 g/mol. The fourth-order valence-corrected chi connectivity index (χ4v) is 6.00. The van der Waals surface area contributed by atoms with Gasteiger partial charge in [0.15, 0.2) is 0 Å². The fourth-order valence-electron chi connectivity index (χ4n) is 4.65. The van der Waals surface area contributed by atoms with E-state index in [2.05, 4.69) is 5.32 Å². The van der Waals surface area contributed by atoms with Crippen LogP contribution < -0.4 is 9.62 Å². The molecular weight excluding hydrogens is 533 g/mol. The van der Waals surface area contributed by atoms with Crippen LogP contribution in [-0.4, -0.2) is 50.0 Å². The maximum Gasteiger partial charge on any atom is 0.244 e. The number of hydrogen-bond donors (Lipinski definition) is 1. The monoisotopic (exact) mass is 567 g/mol. The number of aryl methyl sites for hydroxylation is 1. The number of hydrogen-bond acceptors (Lipinski definition) is 4. The van der Waals surface area contributed by atoms with Gasteiger partial charge in [-0.05, 0) is 49.9 Å². The summed E-state index contributed by atoms with van der Waals surface area (Å²) in [6.45, 7) is 3.50. The summed E-state index contributed by atoms with van der Waals surface area (Å²) in [7, 11) is -3.87. The zero-order valence-electron chi connectivity index (χ0n) is 21.5. The van der Waals surface area contributed by atoms with Gasteiger partial charge in [-0.2, -0.15) is 0 Å². The van der Waals surface area contributed by atoms with Crippen LogP contribution in [0, 0.1) is 6.92 Å². The van der Waals surface area contributed by atoms with Crippen molar-refractivity contribution in [2.75, 3.05) is 17.1 Å². The second-order valence-corrected chi connectivity index (χ2v) is 12.5. The molecule has 7 nitrogen and oxygen atoms in total. The van der Waals surface area contributed by atoms with E-state index in [9.17, 15) is 18.0 Å². The van der Waals surface area contributed by atoms with Crippen LogP contribution in [0.3, 0.4) is 0 Å². The zero-order valence-corrected chi connectivity index (χ0v) is 23.9. The Morgan fingerprint density at radius 1 is 1.03 bits per heavy atom. The molecule has 1 aliphatic carbocycles. The smallest absolute Gasteiger partial charge is 0.244 e. The number of amides is 2. The Hall–Kier alpha value is -2.29. The fraction of sp³-hybridized carbons (Fsp3) is 0.481. The summed E-state index contributed by atoms with van der Waals surface area (Å²) in [5, 5.41) is 3.63. The lowest BCUT2D eigenvalue weighted by Crippen LogP contribution is -2.53. The van der Waals surface area contributed by atoms with Crippen molar-refractivity contribution in [3.63, 3.8) is 0 Å². The van der Waals surface area contributed by atoms with Crippen LogP contribution in [0.1, 0.15) is 56.6 Å². The first kappa shape index (κ1) is 29.3. The number of benzene rings is 2. The summed E-state index contributed by atoms with van der Waals surface area (Å²) in [6, 6.07) is 11.4. The van der Waals surface area contributed by atoms with Crippen LogP contribution in [0.5, 0.6) is 0 Å². The van der Waals surface area contributed by atoms with Gasteiger partial charge in [0.2, 0.25) is 21.8 Å². The first-order chi connectivity index (χ1) is 17.5. The molecule has 0 radical (unpaired) electrons. The molecule has 0 unspecified atom stereocenters. The molecule has 1 N–H and O–H groups in total. The van der Waals surface area contributed by atoms with Gasteiger partial charge in [-0.25, -0.2) is 8.42 Å². The maximum atomic E-state index is 13.8. The molecular formula is C27H35Cl2N3O4S. The maximum absolute atomic E-state index is 13.8. The van der Waals surface area contributed by atoms with Crippen molar-refractivity contribution < 1.29 is 18.0 Å². The van der Waals surface area contributed by atoms with E-state index in [-0.39, 0.29) is 34.2 Å². The van der Waals surface area contributed by atoms with Crippen LogP contribution in [-0.2, 0) is 26.2 Å². The Balaban J connectivity index is 1.92. The van der Waals surface area contributed by atoms with Crippen LogP contribution >= 0.6 is 23.2 Å². The highest BCUT2D eigenvalue weighted by Gasteiger charge is 2.33. The summed E-state index contributed by atoms with van der Waals surface area (Å²) in [4.78, 5) is 28.7. The molecule has 2 aromatic rings. The van der Waals surface area contributed by atoms with E-state index in [1.807, 2.05) is 38.1 Å². The Morgan fingerprint density at radius 3 is 2.16 bits per heavy atom. The van der Waals surface area contributed by atoms with Crippen molar-refractivity contribution in [1.82, 2.24) is 10.2 Å². The Morgan fingerprint density at radius 2 is 1.62 bits per heavy atom. The van der Waals surface area contributed by atoms with E-state index in [0.29, 0.717) is 6.42 Å². The minimum atomic E-state index is -3.87. The summed E-state index contributed by atoms with van der Waals surface area (Å²) in [6.07, 6.45) is 6.55. The quantitative estimate of drug-likeness (QED) is 0.420. The van der Waals surface area contributed by atoms with Gasteiger partial charge in [0.25, 0.3) is 0 Å². The zero-order chi connectivity index (χ0) is 27.2. The topological polar surface area (TPSA) is 86.8 Å². The Kier molecular flexibility index (Phi) is 10.3. The van der Waals surface area contributed by atoms with Crippen molar-refractivity contribution in [2.45, 2.75) is 71.0 Å². The van der Waals surface area contributed by atoms with Crippen LogP contribution in [0.15, 0.2) is 42.5 Å². The number of nitrogens with one attached hydrogen (secondary N) is 1. The van der Waals surface area contributed by atoms with Crippen LogP contribution in [0.4, 0.5) is 5.69 Å². The molecule has 0 spiro atoms. The molecule has 1 atom stereocenters. The number of halogens is 2. The Bertz CT molecular complexity index is 1180. The lowest BCUT2D eigenvalue weighted by molar-refractivity contribution is -0.140. The van der Waals surface area contributed by atoms with E-state index in [1.54, 1.807) is 0 Å². The molecule has 202 valence electrons. The van der Waals surface area contributed by atoms with Crippen molar-refractivity contribution >= 4 is 50.7 Å². The third-order valence-corrected chi connectivity index (χ3v) is 8.20. The van der Waals surface area contributed by atoms with Gasteiger partial charge in [-0.3, -0.25) is 13.9 Å². The standard InChI is InChI=1S/C27H35Cl2N3O4S/c1-4-25(27(34)30-23-8-6-5-7-9-23)31(17-20-12-10-19(2)11-13-20)26(33)18-32(37(3,35)36)24-15-21(28)14-22(29)16-24/h10-16,23,25H,4-9,17-18H2,1-3H3,(H,30,34)/t25-/m0/s1. The van der Waals surface area contributed by atoms with Crippen molar-refractivity contribution in [3.05, 3.63) is 63.6 Å². The predicted octanol–water partition coefficient (Wildman–Crippen LogP) is 5.32. The van der Waals surface area contributed by atoms with Gasteiger partial charge in [0.05, 0.1) is 11.9 Å². The summed E-state index contributed by atoms with van der Waals surface area (Å²) < 4.78 is 26.4. The van der Waals surface area contributed by atoms with E-state index < -0.39 is 28.5 Å². The van der Waals surface area contributed by atoms with Crippen molar-refractivity contribution in [1.29, 1.82) is 0 Å². The molecule has 1 fully saturated rings. The Labute approximate surface area is 230 Å². The minimum Gasteiger partial charge on any atom is -0.352 e. The summed E-state index contributed by atoms with van der Waals surface area (Å²) >= 11 is 12.2. The molecule has 0 aromatic heterocycles. The normalized spacial score (nSPS) is 15.2. The van der Waals surface area contributed by atoms with E-state index in [0.717, 1.165) is 53.8 Å². The van der Waals surface area contributed by atoms with E-state index in [1.165, 1.54) is 23.1 Å². The first-order valence-electron chi connectivity index (χ1n) is 12.6. The van der Waals surface area contributed by atoms with E-state index in [4.69, 9.17) is 23.2 Å². The third-order valence-electron chi connectivity index (χ3n) is 6.63. The van der Waals surface area contributed by atoms with Crippen molar-refractivity contribution in [2.24, 2.45) is 0 Å². The molecule has 10 heteroatoms. The number of rotatable bonds is 10. The number of nitrogens with zero attached hydrogens (tertiary/aromatic N) is 2. The molecule has 3 rings (SSSR count). The molecule has 1 saturated carbocycles. The summed E-state index contributed by atoms with van der Waals surface area (Å²) in [5.41, 5.74) is 2.10. The van der Waals surface area contributed by atoms with Crippen LogP contribution in [0.2, 0.25) is 10.0 Å².